The summed E-state index contributed by atoms with van der Waals surface area (Å²) < 4.78 is 9.26. The summed E-state index contributed by atoms with van der Waals surface area (Å²) in [6.07, 6.45) is 4.98. The van der Waals surface area contributed by atoms with Gasteiger partial charge in [-0.2, -0.15) is 9.78 Å². The van der Waals surface area contributed by atoms with Gasteiger partial charge in [0.15, 0.2) is 0 Å². The number of aryl methyl sites for hydroxylation is 1. The van der Waals surface area contributed by atoms with E-state index in [0.29, 0.717) is 29.8 Å². The Kier molecular flexibility index (Phi) is 6.74. The van der Waals surface area contributed by atoms with Gasteiger partial charge in [0.2, 0.25) is 0 Å². The molecule has 8 heteroatoms. The van der Waals surface area contributed by atoms with E-state index in [1.54, 1.807) is 26.1 Å². The first-order chi connectivity index (χ1) is 15.9. The molecule has 4 aromatic rings. The maximum atomic E-state index is 13.3. The minimum atomic E-state index is -0.491. The average molecular weight is 509 g/mol. The van der Waals surface area contributed by atoms with Crippen LogP contribution in [-0.2, 0) is 16.0 Å². The predicted molar refractivity (Wildman–Crippen MR) is 134 cm³/mol. The van der Waals surface area contributed by atoms with E-state index in [1.807, 2.05) is 54.1 Å². The Morgan fingerprint density at radius 1 is 1.21 bits per heavy atom. The van der Waals surface area contributed by atoms with Crippen molar-refractivity contribution < 1.29 is 9.53 Å². The van der Waals surface area contributed by atoms with Gasteiger partial charge in [0.05, 0.1) is 23.7 Å². The fourth-order valence-corrected chi connectivity index (χ4v) is 4.21. The molecule has 170 valence electrons. The molecule has 4 rings (SSSR count). The fourth-order valence-electron chi connectivity index (χ4n) is 3.85. The number of para-hydroxylation sites is 1. The highest BCUT2D eigenvalue weighted by Crippen LogP contribution is 2.24. The third-order valence-corrected chi connectivity index (χ3v) is 5.97. The van der Waals surface area contributed by atoms with Crippen molar-refractivity contribution in [1.82, 2.24) is 14.2 Å². The quantitative estimate of drug-likeness (QED) is 0.257. The molecule has 0 spiro atoms. The van der Waals surface area contributed by atoms with Crippen LogP contribution >= 0.6 is 15.9 Å². The number of esters is 1. The summed E-state index contributed by atoms with van der Waals surface area (Å²) in [5.41, 5.74) is 2.12. The number of ether oxygens (including phenoxy) is 1. The van der Waals surface area contributed by atoms with Crippen LogP contribution in [0.4, 0.5) is 0 Å². The SMILES string of the molecule is CCCc1nc2ccc(Br)cc2c(=O)n1N=Cc1cn([C@@H](C)C(=O)OCC)c2ccccc12. The molecule has 1 atom stereocenters. The van der Waals surface area contributed by atoms with Crippen LogP contribution in [0.2, 0.25) is 0 Å². The molecule has 0 amide bonds. The zero-order chi connectivity index (χ0) is 23.5. The third kappa shape index (κ3) is 4.48. The number of benzene rings is 2. The van der Waals surface area contributed by atoms with Crippen LogP contribution in [0.3, 0.4) is 0 Å². The van der Waals surface area contributed by atoms with E-state index in [2.05, 4.69) is 26.0 Å². The summed E-state index contributed by atoms with van der Waals surface area (Å²) in [6.45, 7) is 5.96. The van der Waals surface area contributed by atoms with Crippen LogP contribution in [-0.4, -0.2) is 33.0 Å². The van der Waals surface area contributed by atoms with Crippen LogP contribution < -0.4 is 5.56 Å². The Morgan fingerprint density at radius 2 is 2.00 bits per heavy atom. The van der Waals surface area contributed by atoms with Gasteiger partial charge in [-0.3, -0.25) is 4.79 Å². The van der Waals surface area contributed by atoms with Crippen molar-refractivity contribution in [3.05, 3.63) is 74.9 Å². The molecule has 2 aromatic carbocycles. The summed E-state index contributed by atoms with van der Waals surface area (Å²) in [6, 6.07) is 12.8. The molecular weight excluding hydrogens is 484 g/mol. The number of hydrogen-bond donors (Lipinski definition) is 0. The van der Waals surface area contributed by atoms with E-state index in [1.165, 1.54) is 4.68 Å². The number of fused-ring (bicyclic) bond motifs is 2. The Morgan fingerprint density at radius 3 is 2.76 bits per heavy atom. The zero-order valence-corrected chi connectivity index (χ0v) is 20.4. The first kappa shape index (κ1) is 22.9. The van der Waals surface area contributed by atoms with E-state index in [-0.39, 0.29) is 11.5 Å². The number of halogens is 1. The second-order valence-electron chi connectivity index (χ2n) is 7.74. The first-order valence-corrected chi connectivity index (χ1v) is 11.8. The molecule has 0 fully saturated rings. The summed E-state index contributed by atoms with van der Waals surface area (Å²) >= 11 is 3.43. The van der Waals surface area contributed by atoms with E-state index < -0.39 is 6.04 Å². The van der Waals surface area contributed by atoms with Gasteiger partial charge in [-0.15, -0.1) is 0 Å². The summed E-state index contributed by atoms with van der Waals surface area (Å²) in [5.74, 6) is 0.310. The topological polar surface area (TPSA) is 78.5 Å². The van der Waals surface area contributed by atoms with E-state index in [4.69, 9.17) is 4.74 Å². The molecule has 0 aliphatic rings. The van der Waals surface area contributed by atoms with Crippen LogP contribution in [0.15, 0.2) is 63.0 Å². The second-order valence-corrected chi connectivity index (χ2v) is 8.65. The molecule has 7 nitrogen and oxygen atoms in total. The number of nitrogens with zero attached hydrogens (tertiary/aromatic N) is 4. The molecule has 0 aliphatic carbocycles. The lowest BCUT2D eigenvalue weighted by atomic mass is 10.2. The lowest BCUT2D eigenvalue weighted by Crippen LogP contribution is -2.22. The van der Waals surface area contributed by atoms with E-state index in [0.717, 1.165) is 27.4 Å². The van der Waals surface area contributed by atoms with Gasteiger partial charge in [-0.1, -0.05) is 41.1 Å². The lowest BCUT2D eigenvalue weighted by Gasteiger charge is -2.13. The third-order valence-electron chi connectivity index (χ3n) is 5.48. The minimum absolute atomic E-state index is 0.218. The van der Waals surface area contributed by atoms with Crippen molar-refractivity contribution in [3.8, 4) is 0 Å². The van der Waals surface area contributed by atoms with Crippen molar-refractivity contribution in [1.29, 1.82) is 0 Å². The molecule has 33 heavy (non-hydrogen) atoms. The van der Waals surface area contributed by atoms with Crippen molar-refractivity contribution in [3.63, 3.8) is 0 Å². The van der Waals surface area contributed by atoms with Gasteiger partial charge in [-0.05, 0) is 44.5 Å². The highest BCUT2D eigenvalue weighted by Gasteiger charge is 2.19. The maximum Gasteiger partial charge on any atom is 0.328 e. The monoisotopic (exact) mass is 508 g/mol. The Bertz CT molecular complexity index is 1420. The normalized spacial score (nSPS) is 12.6. The van der Waals surface area contributed by atoms with Crippen LogP contribution in [0.25, 0.3) is 21.8 Å². The summed E-state index contributed by atoms with van der Waals surface area (Å²) in [7, 11) is 0. The molecule has 2 heterocycles. The molecular formula is C25H25BrN4O3. The first-order valence-electron chi connectivity index (χ1n) is 11.0. The van der Waals surface area contributed by atoms with Crippen molar-refractivity contribution in [2.45, 2.75) is 39.7 Å². The van der Waals surface area contributed by atoms with Crippen molar-refractivity contribution in [2.75, 3.05) is 6.61 Å². The molecule has 0 radical (unpaired) electrons. The predicted octanol–water partition coefficient (Wildman–Crippen LogP) is 5.07. The number of rotatable bonds is 7. The highest BCUT2D eigenvalue weighted by atomic mass is 79.9. The van der Waals surface area contributed by atoms with E-state index >= 15 is 0 Å². The Hall–Kier alpha value is -3.26. The van der Waals surface area contributed by atoms with Gasteiger partial charge >= 0.3 is 5.97 Å². The van der Waals surface area contributed by atoms with E-state index in [9.17, 15) is 9.59 Å². The Labute approximate surface area is 199 Å². The van der Waals surface area contributed by atoms with Crippen LogP contribution in [0.1, 0.15) is 44.6 Å². The number of carbonyl (C=O) groups excluding carboxylic acids is 1. The van der Waals surface area contributed by atoms with Crippen molar-refractivity contribution >= 4 is 49.9 Å². The maximum absolute atomic E-state index is 13.3. The lowest BCUT2D eigenvalue weighted by molar-refractivity contribution is -0.146. The number of carbonyl (C=O) groups is 1. The van der Waals surface area contributed by atoms with Crippen LogP contribution in [0, 0.1) is 0 Å². The smallest absolute Gasteiger partial charge is 0.328 e. The zero-order valence-electron chi connectivity index (χ0n) is 18.8. The summed E-state index contributed by atoms with van der Waals surface area (Å²) in [5, 5.41) is 5.98. The van der Waals surface area contributed by atoms with Gasteiger partial charge in [-0.25, -0.2) is 9.78 Å². The number of aromatic nitrogens is 3. The van der Waals surface area contributed by atoms with Gasteiger partial charge < -0.3 is 9.30 Å². The van der Waals surface area contributed by atoms with Gasteiger partial charge in [0, 0.05) is 33.6 Å². The standard InChI is InChI=1S/C25H25BrN4O3/c1-4-8-23-28-21-12-11-18(26)13-20(21)24(31)30(23)27-14-17-15-29(16(3)25(32)33-5-2)22-10-7-6-9-19(17)22/h6-7,9-16H,4-5,8H2,1-3H3/t16-/m0/s1. The largest absolute Gasteiger partial charge is 0.464 e. The second kappa shape index (κ2) is 9.70. The van der Waals surface area contributed by atoms with Gasteiger partial charge in [0.1, 0.15) is 11.9 Å². The average Bonchev–Trinajstić information content (AvgIpc) is 3.18. The molecule has 0 saturated heterocycles. The fraction of sp³-hybridized carbons (Fsp3) is 0.280. The molecule has 2 aromatic heterocycles. The molecule has 0 unspecified atom stereocenters. The summed E-state index contributed by atoms with van der Waals surface area (Å²) in [4.78, 5) is 30.3. The highest BCUT2D eigenvalue weighted by molar-refractivity contribution is 9.10. The van der Waals surface area contributed by atoms with Crippen molar-refractivity contribution in [2.24, 2.45) is 5.10 Å². The molecule has 0 bridgehead atoms. The Balaban J connectivity index is 1.83. The van der Waals surface area contributed by atoms with Crippen LogP contribution in [0.5, 0.6) is 0 Å². The molecule has 0 N–H and O–H groups in total. The number of hydrogen-bond acceptors (Lipinski definition) is 5. The molecule has 0 aliphatic heterocycles. The van der Waals surface area contributed by atoms with Gasteiger partial charge in [0.25, 0.3) is 5.56 Å². The molecule has 0 saturated carbocycles. The minimum Gasteiger partial charge on any atom is -0.464 e.